The number of hydrogen-bond acceptors (Lipinski definition) is 6. The molecule has 4 aliphatic heterocycles. The number of ether oxygens (including phenoxy) is 2. The number of fused-ring (bicyclic) bond motifs is 3. The second kappa shape index (κ2) is 10.9. The zero-order valence-electron chi connectivity index (χ0n) is 21.0. The average molecular weight is 475 g/mol. The number of hydrogen-bond donors (Lipinski definition) is 1. The van der Waals surface area contributed by atoms with Gasteiger partial charge in [0.1, 0.15) is 11.5 Å². The number of nitrogens with one attached hydrogen (secondary N) is 1. The molecule has 4 fully saturated rings. The number of methoxy groups -OCH3 is 2. The first-order valence-electron chi connectivity index (χ1n) is 13.0. The second-order valence-corrected chi connectivity index (χ2v) is 10.3. The SMILES string of the molecule is COc1cncc(C=CC23CCCN2CCC3)c1.COc1cncc(C=CC2CC3CCC2N3)c1. The molecule has 2 aromatic rings. The molecule has 6 rings (SSSR count). The lowest BCUT2D eigenvalue weighted by atomic mass is 9.89. The van der Waals surface area contributed by atoms with Crippen molar-refractivity contribution in [3.63, 3.8) is 0 Å². The maximum atomic E-state index is 5.20. The van der Waals surface area contributed by atoms with Gasteiger partial charge < -0.3 is 14.8 Å². The minimum atomic E-state index is 0.336. The fourth-order valence-corrected chi connectivity index (χ4v) is 6.26. The summed E-state index contributed by atoms with van der Waals surface area (Å²) in [4.78, 5) is 11.0. The summed E-state index contributed by atoms with van der Waals surface area (Å²) in [7, 11) is 3.35. The Morgan fingerprint density at radius 3 is 2.14 bits per heavy atom. The van der Waals surface area contributed by atoms with Gasteiger partial charge in [0.05, 0.1) is 26.6 Å². The number of nitrogens with zero attached hydrogens (tertiary/aromatic N) is 3. The predicted octanol–water partition coefficient (Wildman–Crippen LogP) is 4.98. The number of aromatic nitrogens is 2. The van der Waals surface area contributed by atoms with Crippen molar-refractivity contribution in [3.05, 3.63) is 60.2 Å². The Morgan fingerprint density at radius 2 is 1.57 bits per heavy atom. The third kappa shape index (κ3) is 5.60. The molecule has 3 atom stereocenters. The zero-order valence-corrected chi connectivity index (χ0v) is 21.0. The minimum absolute atomic E-state index is 0.336. The van der Waals surface area contributed by atoms with E-state index in [-0.39, 0.29) is 0 Å². The van der Waals surface area contributed by atoms with Crippen LogP contribution in [-0.2, 0) is 0 Å². The Bertz CT molecular complexity index is 1040. The highest BCUT2D eigenvalue weighted by atomic mass is 16.5. The summed E-state index contributed by atoms with van der Waals surface area (Å²) in [5, 5.41) is 3.65. The van der Waals surface area contributed by atoms with Gasteiger partial charge in [-0.25, -0.2) is 0 Å². The van der Waals surface area contributed by atoms with Crippen LogP contribution in [0.2, 0.25) is 0 Å². The molecule has 0 aliphatic carbocycles. The highest BCUT2D eigenvalue weighted by Crippen LogP contribution is 2.40. The molecular formula is C29H38N4O2. The first-order chi connectivity index (χ1) is 17.2. The van der Waals surface area contributed by atoms with E-state index in [4.69, 9.17) is 9.47 Å². The molecule has 0 radical (unpaired) electrons. The molecule has 2 aromatic heterocycles. The normalized spacial score (nSPS) is 26.7. The third-order valence-electron chi connectivity index (χ3n) is 8.12. The van der Waals surface area contributed by atoms with Crippen molar-refractivity contribution in [3.8, 4) is 11.5 Å². The van der Waals surface area contributed by atoms with Crippen molar-refractivity contribution in [1.29, 1.82) is 0 Å². The second-order valence-electron chi connectivity index (χ2n) is 10.3. The average Bonchev–Trinajstić information content (AvgIpc) is 3.69. The van der Waals surface area contributed by atoms with Gasteiger partial charge in [-0.2, -0.15) is 0 Å². The van der Waals surface area contributed by atoms with Crippen LogP contribution in [0.5, 0.6) is 11.5 Å². The fourth-order valence-electron chi connectivity index (χ4n) is 6.26. The number of rotatable bonds is 6. The maximum absolute atomic E-state index is 5.20. The predicted molar refractivity (Wildman–Crippen MR) is 140 cm³/mol. The van der Waals surface area contributed by atoms with Crippen LogP contribution in [0, 0.1) is 5.92 Å². The molecule has 1 N–H and O–H groups in total. The quantitative estimate of drug-likeness (QED) is 0.638. The first kappa shape index (κ1) is 24.0. The lowest BCUT2D eigenvalue weighted by Crippen LogP contribution is -2.35. The highest BCUT2D eigenvalue weighted by molar-refractivity contribution is 5.52. The summed E-state index contributed by atoms with van der Waals surface area (Å²) in [6, 6.07) is 5.52. The lowest BCUT2D eigenvalue weighted by molar-refractivity contribution is 0.251. The molecule has 4 saturated heterocycles. The van der Waals surface area contributed by atoms with Gasteiger partial charge in [0.15, 0.2) is 0 Å². The van der Waals surface area contributed by atoms with Crippen molar-refractivity contribution in [2.45, 2.75) is 62.6 Å². The zero-order chi connectivity index (χ0) is 24.1. The molecule has 0 spiro atoms. The van der Waals surface area contributed by atoms with Gasteiger partial charge in [0, 0.05) is 30.0 Å². The topological polar surface area (TPSA) is 59.5 Å². The van der Waals surface area contributed by atoms with Gasteiger partial charge in [-0.15, -0.1) is 0 Å². The van der Waals surface area contributed by atoms with Crippen LogP contribution in [0.3, 0.4) is 0 Å². The molecule has 6 heterocycles. The molecule has 3 unspecified atom stereocenters. The Morgan fingerprint density at radius 1 is 0.914 bits per heavy atom. The van der Waals surface area contributed by atoms with E-state index in [9.17, 15) is 0 Å². The summed E-state index contributed by atoms with van der Waals surface area (Å²) >= 11 is 0. The smallest absolute Gasteiger partial charge is 0.137 e. The lowest BCUT2D eigenvalue weighted by Gasteiger charge is -2.28. The summed E-state index contributed by atoms with van der Waals surface area (Å²) in [6.07, 6.45) is 25.6. The Balaban J connectivity index is 0.000000145. The van der Waals surface area contributed by atoms with Crippen molar-refractivity contribution >= 4 is 12.2 Å². The molecule has 4 aliphatic rings. The standard InChI is InChI=1S/C15H20N2O.C14H18N2O/c1-18-14-10-13(11-16-12-14)4-7-15-5-2-8-17(15)9-3-6-15;1-17-13-6-10(8-15-9-13)2-3-11-7-12-4-5-14(11)16-12/h4,7,10-12H,2-3,5-6,8-9H2,1H3;2-3,6,8-9,11-12,14,16H,4-5,7H2,1H3. The van der Waals surface area contributed by atoms with Crippen molar-refractivity contribution in [2.75, 3.05) is 27.3 Å². The summed E-state index contributed by atoms with van der Waals surface area (Å²) in [6.45, 7) is 2.53. The van der Waals surface area contributed by atoms with E-state index < -0.39 is 0 Å². The van der Waals surface area contributed by atoms with Gasteiger partial charge >= 0.3 is 0 Å². The maximum Gasteiger partial charge on any atom is 0.137 e. The monoisotopic (exact) mass is 474 g/mol. The minimum Gasteiger partial charge on any atom is -0.495 e. The van der Waals surface area contributed by atoms with E-state index in [1.54, 1.807) is 26.6 Å². The van der Waals surface area contributed by atoms with E-state index in [1.165, 1.54) is 58.0 Å². The van der Waals surface area contributed by atoms with E-state index in [1.807, 2.05) is 24.5 Å². The third-order valence-corrected chi connectivity index (χ3v) is 8.12. The molecule has 2 bridgehead atoms. The van der Waals surface area contributed by atoms with Crippen molar-refractivity contribution < 1.29 is 9.47 Å². The van der Waals surface area contributed by atoms with Crippen LogP contribution in [0.1, 0.15) is 56.1 Å². The van der Waals surface area contributed by atoms with Crippen LogP contribution in [0.15, 0.2) is 49.1 Å². The molecule has 35 heavy (non-hydrogen) atoms. The van der Waals surface area contributed by atoms with E-state index >= 15 is 0 Å². The molecule has 6 heteroatoms. The summed E-state index contributed by atoms with van der Waals surface area (Å²) < 4.78 is 10.4. The van der Waals surface area contributed by atoms with Crippen LogP contribution >= 0.6 is 0 Å². The van der Waals surface area contributed by atoms with Crippen LogP contribution in [0.25, 0.3) is 12.2 Å². The fraction of sp³-hybridized carbons (Fsp3) is 0.517. The van der Waals surface area contributed by atoms with Gasteiger partial charge in [0.25, 0.3) is 0 Å². The Hall–Kier alpha value is -2.70. The van der Waals surface area contributed by atoms with E-state index in [0.29, 0.717) is 17.5 Å². The molecule has 6 nitrogen and oxygen atoms in total. The van der Waals surface area contributed by atoms with Gasteiger partial charge in [-0.3, -0.25) is 14.9 Å². The van der Waals surface area contributed by atoms with Crippen LogP contribution < -0.4 is 14.8 Å². The first-order valence-corrected chi connectivity index (χ1v) is 13.0. The van der Waals surface area contributed by atoms with Crippen LogP contribution in [-0.4, -0.2) is 59.8 Å². The summed E-state index contributed by atoms with van der Waals surface area (Å²) in [5.74, 6) is 2.34. The van der Waals surface area contributed by atoms with Crippen molar-refractivity contribution in [2.24, 2.45) is 5.92 Å². The van der Waals surface area contributed by atoms with Gasteiger partial charge in [0.2, 0.25) is 0 Å². The van der Waals surface area contributed by atoms with Gasteiger partial charge in [-0.05, 0) is 87.2 Å². The molecule has 0 amide bonds. The molecule has 0 saturated carbocycles. The largest absolute Gasteiger partial charge is 0.495 e. The van der Waals surface area contributed by atoms with E-state index in [0.717, 1.165) is 28.7 Å². The molecule has 186 valence electrons. The number of pyridine rings is 2. The Labute approximate surface area is 209 Å². The van der Waals surface area contributed by atoms with Crippen LogP contribution in [0.4, 0.5) is 0 Å². The van der Waals surface area contributed by atoms with Gasteiger partial charge in [-0.1, -0.05) is 24.3 Å². The Kier molecular flexibility index (Phi) is 7.49. The molecular weight excluding hydrogens is 436 g/mol. The van der Waals surface area contributed by atoms with Crippen molar-refractivity contribution in [1.82, 2.24) is 20.2 Å². The summed E-state index contributed by atoms with van der Waals surface area (Å²) in [5.41, 5.74) is 2.58. The molecule has 0 aromatic carbocycles. The van der Waals surface area contributed by atoms with E-state index in [2.05, 4.69) is 44.5 Å². The highest BCUT2D eigenvalue weighted by Gasteiger charge is 2.41.